The fourth-order valence-electron chi connectivity index (χ4n) is 1.60. The summed E-state index contributed by atoms with van der Waals surface area (Å²) in [5.74, 6) is 1.42. The first-order valence-corrected chi connectivity index (χ1v) is 5.72. The van der Waals surface area contributed by atoms with Gasteiger partial charge in [0.15, 0.2) is 11.5 Å². The van der Waals surface area contributed by atoms with Crippen LogP contribution in [0.5, 0.6) is 11.5 Å². The van der Waals surface area contributed by atoms with Crippen molar-refractivity contribution in [1.29, 1.82) is 0 Å². The van der Waals surface area contributed by atoms with Crippen molar-refractivity contribution >= 4 is 0 Å². The highest BCUT2D eigenvalue weighted by Crippen LogP contribution is 2.28. The molecule has 1 aromatic heterocycles. The number of nitrogens with two attached hydrogens (primary N) is 1. The minimum Gasteiger partial charge on any atom is -0.493 e. The molecule has 0 aliphatic rings. The molecule has 0 spiro atoms. The van der Waals surface area contributed by atoms with Crippen molar-refractivity contribution in [3.05, 3.63) is 53.9 Å². The molecule has 0 atom stereocenters. The summed E-state index contributed by atoms with van der Waals surface area (Å²) in [6.07, 6.45) is 3.48. The van der Waals surface area contributed by atoms with Crippen LogP contribution < -0.4 is 15.2 Å². The fraction of sp³-hybridized carbons (Fsp3) is 0.214. The van der Waals surface area contributed by atoms with E-state index >= 15 is 0 Å². The number of ether oxygens (including phenoxy) is 2. The van der Waals surface area contributed by atoms with Gasteiger partial charge < -0.3 is 15.2 Å². The van der Waals surface area contributed by atoms with Crippen LogP contribution in [0, 0.1) is 0 Å². The Bertz CT molecular complexity index is 500. The second-order valence-corrected chi connectivity index (χ2v) is 3.83. The number of nitrogens with zero attached hydrogens (tertiary/aromatic N) is 1. The molecule has 0 unspecified atom stereocenters. The molecular formula is C14H16N2O2. The predicted molar refractivity (Wildman–Crippen MR) is 69.5 cm³/mol. The summed E-state index contributed by atoms with van der Waals surface area (Å²) in [7, 11) is 1.62. The fourth-order valence-corrected chi connectivity index (χ4v) is 1.60. The van der Waals surface area contributed by atoms with Gasteiger partial charge in [0.05, 0.1) is 7.11 Å². The number of rotatable bonds is 5. The maximum Gasteiger partial charge on any atom is 0.161 e. The number of hydrogen-bond acceptors (Lipinski definition) is 4. The summed E-state index contributed by atoms with van der Waals surface area (Å²) in [4.78, 5) is 3.96. The Morgan fingerprint density at radius 2 is 1.83 bits per heavy atom. The first-order valence-electron chi connectivity index (χ1n) is 5.72. The van der Waals surface area contributed by atoms with Gasteiger partial charge in [-0.15, -0.1) is 0 Å². The van der Waals surface area contributed by atoms with Gasteiger partial charge in [0.2, 0.25) is 0 Å². The molecule has 4 heteroatoms. The van der Waals surface area contributed by atoms with Crippen LogP contribution in [-0.4, -0.2) is 12.1 Å². The molecule has 18 heavy (non-hydrogen) atoms. The molecule has 0 aliphatic carbocycles. The Labute approximate surface area is 106 Å². The lowest BCUT2D eigenvalue weighted by Gasteiger charge is -2.11. The third-order valence-corrected chi connectivity index (χ3v) is 2.61. The van der Waals surface area contributed by atoms with E-state index in [4.69, 9.17) is 15.2 Å². The maximum absolute atomic E-state index is 5.75. The third-order valence-electron chi connectivity index (χ3n) is 2.61. The highest BCUT2D eigenvalue weighted by Gasteiger charge is 2.05. The molecule has 0 bridgehead atoms. The second-order valence-electron chi connectivity index (χ2n) is 3.83. The smallest absolute Gasteiger partial charge is 0.161 e. The summed E-state index contributed by atoms with van der Waals surface area (Å²) in [5.41, 5.74) is 7.69. The van der Waals surface area contributed by atoms with Crippen molar-refractivity contribution in [3.63, 3.8) is 0 Å². The zero-order valence-corrected chi connectivity index (χ0v) is 10.3. The Morgan fingerprint density at radius 1 is 1.06 bits per heavy atom. The van der Waals surface area contributed by atoms with Gasteiger partial charge in [-0.3, -0.25) is 4.98 Å². The molecule has 2 aromatic rings. The molecule has 0 fully saturated rings. The molecule has 2 rings (SSSR count). The molecule has 1 aromatic carbocycles. The van der Waals surface area contributed by atoms with Crippen LogP contribution in [0.1, 0.15) is 11.1 Å². The number of pyridine rings is 1. The van der Waals surface area contributed by atoms with Crippen LogP contribution in [0.25, 0.3) is 0 Å². The van der Waals surface area contributed by atoms with Crippen LogP contribution in [0.3, 0.4) is 0 Å². The van der Waals surface area contributed by atoms with Crippen molar-refractivity contribution < 1.29 is 9.47 Å². The molecule has 0 amide bonds. The maximum atomic E-state index is 5.75. The van der Waals surface area contributed by atoms with Crippen molar-refractivity contribution in [2.75, 3.05) is 7.11 Å². The Balaban J connectivity index is 2.12. The quantitative estimate of drug-likeness (QED) is 0.875. The minimum atomic E-state index is 0.479. The van der Waals surface area contributed by atoms with Gasteiger partial charge in [-0.1, -0.05) is 6.07 Å². The van der Waals surface area contributed by atoms with Gasteiger partial charge in [0, 0.05) is 18.9 Å². The molecule has 94 valence electrons. The monoisotopic (exact) mass is 244 g/mol. The Hall–Kier alpha value is -2.07. The van der Waals surface area contributed by atoms with Gasteiger partial charge >= 0.3 is 0 Å². The van der Waals surface area contributed by atoms with E-state index in [0.29, 0.717) is 24.7 Å². The van der Waals surface area contributed by atoms with Crippen molar-refractivity contribution in [2.24, 2.45) is 5.73 Å². The summed E-state index contributed by atoms with van der Waals surface area (Å²) in [5, 5.41) is 0. The van der Waals surface area contributed by atoms with Crippen LogP contribution in [-0.2, 0) is 13.2 Å². The van der Waals surface area contributed by atoms with E-state index in [2.05, 4.69) is 4.98 Å². The van der Waals surface area contributed by atoms with E-state index < -0.39 is 0 Å². The van der Waals surface area contributed by atoms with E-state index in [1.165, 1.54) is 0 Å². The average Bonchev–Trinajstić information content (AvgIpc) is 2.45. The first kappa shape index (κ1) is 12.4. The van der Waals surface area contributed by atoms with Gasteiger partial charge in [-0.25, -0.2) is 0 Å². The number of methoxy groups -OCH3 is 1. The van der Waals surface area contributed by atoms with Crippen LogP contribution >= 0.6 is 0 Å². The van der Waals surface area contributed by atoms with E-state index in [0.717, 1.165) is 11.1 Å². The molecule has 0 saturated heterocycles. The standard InChI is InChI=1S/C14H16N2O2/c1-17-13-3-2-12(9-15)8-14(13)18-10-11-4-6-16-7-5-11/h2-8H,9-10,15H2,1H3. The van der Waals surface area contributed by atoms with Crippen LogP contribution in [0.2, 0.25) is 0 Å². The predicted octanol–water partition coefficient (Wildman–Crippen LogP) is 2.13. The van der Waals surface area contributed by atoms with Crippen LogP contribution in [0.15, 0.2) is 42.7 Å². The summed E-state index contributed by atoms with van der Waals surface area (Å²) >= 11 is 0. The zero-order chi connectivity index (χ0) is 12.8. The van der Waals surface area contributed by atoms with E-state index in [-0.39, 0.29) is 0 Å². The second kappa shape index (κ2) is 6.02. The van der Waals surface area contributed by atoms with E-state index in [1.54, 1.807) is 19.5 Å². The molecule has 0 radical (unpaired) electrons. The van der Waals surface area contributed by atoms with Gasteiger partial charge in [0.25, 0.3) is 0 Å². The van der Waals surface area contributed by atoms with Crippen molar-refractivity contribution in [2.45, 2.75) is 13.2 Å². The van der Waals surface area contributed by atoms with Crippen LogP contribution in [0.4, 0.5) is 0 Å². The Morgan fingerprint density at radius 3 is 2.50 bits per heavy atom. The Kier molecular flexibility index (Phi) is 4.15. The third kappa shape index (κ3) is 2.99. The van der Waals surface area contributed by atoms with E-state index in [9.17, 15) is 0 Å². The highest BCUT2D eigenvalue weighted by molar-refractivity contribution is 5.43. The lowest BCUT2D eigenvalue weighted by atomic mass is 10.2. The molecule has 2 N–H and O–H groups in total. The van der Waals surface area contributed by atoms with E-state index in [1.807, 2.05) is 30.3 Å². The van der Waals surface area contributed by atoms with Crippen molar-refractivity contribution in [3.8, 4) is 11.5 Å². The lowest BCUT2D eigenvalue weighted by Crippen LogP contribution is -2.01. The van der Waals surface area contributed by atoms with Crippen molar-refractivity contribution in [1.82, 2.24) is 4.98 Å². The summed E-state index contributed by atoms with van der Waals surface area (Å²) < 4.78 is 11.0. The molecule has 0 saturated carbocycles. The SMILES string of the molecule is COc1ccc(CN)cc1OCc1ccncc1. The number of aromatic nitrogens is 1. The summed E-state index contributed by atoms with van der Waals surface area (Å²) in [6, 6.07) is 9.53. The molecule has 4 nitrogen and oxygen atoms in total. The number of hydrogen-bond donors (Lipinski definition) is 1. The van der Waals surface area contributed by atoms with Gasteiger partial charge in [0.1, 0.15) is 6.61 Å². The lowest BCUT2D eigenvalue weighted by molar-refractivity contribution is 0.284. The highest BCUT2D eigenvalue weighted by atomic mass is 16.5. The van der Waals surface area contributed by atoms with Gasteiger partial charge in [-0.05, 0) is 35.4 Å². The van der Waals surface area contributed by atoms with Gasteiger partial charge in [-0.2, -0.15) is 0 Å². The summed E-state index contributed by atoms with van der Waals surface area (Å²) in [6.45, 7) is 0.961. The minimum absolute atomic E-state index is 0.479. The molecule has 1 heterocycles. The zero-order valence-electron chi connectivity index (χ0n) is 10.3. The normalized spacial score (nSPS) is 10.1. The molecule has 0 aliphatic heterocycles. The number of benzene rings is 1. The average molecular weight is 244 g/mol. The first-order chi connectivity index (χ1) is 8.83. The molecular weight excluding hydrogens is 228 g/mol. The topological polar surface area (TPSA) is 57.4 Å². The largest absolute Gasteiger partial charge is 0.493 e.